The monoisotopic (exact) mass is 359 g/mol. The van der Waals surface area contributed by atoms with Crippen molar-refractivity contribution in [2.24, 2.45) is 0 Å². The summed E-state index contributed by atoms with van der Waals surface area (Å²) < 4.78 is 19.0. The number of rotatable bonds is 4. The lowest BCUT2D eigenvalue weighted by atomic mass is 9.90. The Morgan fingerprint density at radius 1 is 1.31 bits per heavy atom. The van der Waals surface area contributed by atoms with Gasteiger partial charge in [-0.1, -0.05) is 6.07 Å². The van der Waals surface area contributed by atoms with Crippen LogP contribution < -0.4 is 4.74 Å². The Kier molecular flexibility index (Phi) is 4.83. The summed E-state index contributed by atoms with van der Waals surface area (Å²) in [6.07, 6.45) is 3.01. The maximum absolute atomic E-state index is 13.3. The van der Waals surface area contributed by atoms with Gasteiger partial charge in [-0.3, -0.25) is 4.79 Å². The lowest BCUT2D eigenvalue weighted by Crippen LogP contribution is -2.54. The number of carbonyl (C=O) groups is 2. The molecule has 7 nitrogen and oxygen atoms in total. The summed E-state index contributed by atoms with van der Waals surface area (Å²) in [5, 5.41) is 9.66. The molecule has 1 saturated heterocycles. The Balaban J connectivity index is 1.74. The summed E-state index contributed by atoms with van der Waals surface area (Å²) in [5.74, 6) is -1.73. The van der Waals surface area contributed by atoms with Gasteiger partial charge in [0, 0.05) is 38.2 Å². The third-order valence-electron chi connectivity index (χ3n) is 4.50. The summed E-state index contributed by atoms with van der Waals surface area (Å²) in [5.41, 5.74) is -0.537. The number of nitrogens with zero attached hydrogens (tertiary/aromatic N) is 3. The first-order chi connectivity index (χ1) is 12.4. The summed E-state index contributed by atoms with van der Waals surface area (Å²) in [6.45, 7) is 2.12. The van der Waals surface area contributed by atoms with Gasteiger partial charge in [-0.05, 0) is 19.1 Å². The van der Waals surface area contributed by atoms with Gasteiger partial charge in [-0.2, -0.15) is 0 Å². The van der Waals surface area contributed by atoms with E-state index in [0.29, 0.717) is 11.3 Å². The lowest BCUT2D eigenvalue weighted by Gasteiger charge is -2.38. The van der Waals surface area contributed by atoms with Crippen LogP contribution in [0.5, 0.6) is 5.75 Å². The minimum absolute atomic E-state index is 0.0946. The second-order valence-electron chi connectivity index (χ2n) is 6.17. The Morgan fingerprint density at radius 2 is 2.04 bits per heavy atom. The predicted octanol–water partition coefficient (Wildman–Crippen LogP) is 2.06. The van der Waals surface area contributed by atoms with Crippen LogP contribution in [0.25, 0.3) is 0 Å². The second-order valence-corrected chi connectivity index (χ2v) is 6.17. The number of piperidine rings is 1. The fraction of sp³-hybridized carbons (Fsp3) is 0.333. The van der Waals surface area contributed by atoms with Gasteiger partial charge in [-0.25, -0.2) is 19.2 Å². The van der Waals surface area contributed by atoms with Crippen LogP contribution in [-0.2, 0) is 4.79 Å². The SMILES string of the molecule is Cc1ncncc1C(=O)N1CCC(Oc2cccc(F)c2)(C(=O)O)CC1. The van der Waals surface area contributed by atoms with Crippen LogP contribution in [0.4, 0.5) is 4.39 Å². The number of hydrogen-bond acceptors (Lipinski definition) is 5. The molecule has 26 heavy (non-hydrogen) atoms. The van der Waals surface area contributed by atoms with Gasteiger partial charge in [0.1, 0.15) is 17.9 Å². The smallest absolute Gasteiger partial charge is 0.348 e. The molecule has 136 valence electrons. The number of benzene rings is 1. The molecular weight excluding hydrogens is 341 g/mol. The van der Waals surface area contributed by atoms with Crippen LogP contribution >= 0.6 is 0 Å². The van der Waals surface area contributed by atoms with Crippen molar-refractivity contribution in [2.75, 3.05) is 13.1 Å². The molecule has 0 spiro atoms. The third kappa shape index (κ3) is 3.49. The van der Waals surface area contributed by atoms with E-state index in [2.05, 4.69) is 9.97 Å². The van der Waals surface area contributed by atoms with Gasteiger partial charge >= 0.3 is 5.97 Å². The largest absolute Gasteiger partial charge is 0.478 e. The first-order valence-electron chi connectivity index (χ1n) is 8.15. The molecule has 1 aliphatic heterocycles. The minimum atomic E-state index is -1.49. The van der Waals surface area contributed by atoms with E-state index in [9.17, 15) is 19.1 Å². The van der Waals surface area contributed by atoms with Crippen molar-refractivity contribution in [3.8, 4) is 5.75 Å². The predicted molar refractivity (Wildman–Crippen MR) is 89.3 cm³/mol. The zero-order chi connectivity index (χ0) is 18.7. The van der Waals surface area contributed by atoms with Crippen LogP contribution in [-0.4, -0.2) is 50.5 Å². The highest BCUT2D eigenvalue weighted by molar-refractivity contribution is 5.95. The van der Waals surface area contributed by atoms with E-state index in [1.807, 2.05) is 0 Å². The number of hydrogen-bond donors (Lipinski definition) is 1. The number of amides is 1. The average Bonchev–Trinajstić information content (AvgIpc) is 2.62. The average molecular weight is 359 g/mol. The van der Waals surface area contributed by atoms with Crippen molar-refractivity contribution >= 4 is 11.9 Å². The lowest BCUT2D eigenvalue weighted by molar-refractivity contribution is -0.159. The zero-order valence-electron chi connectivity index (χ0n) is 14.2. The number of carboxylic acids is 1. The number of carboxylic acid groups (broad SMARTS) is 1. The van der Waals surface area contributed by atoms with E-state index < -0.39 is 17.4 Å². The second kappa shape index (κ2) is 7.07. The van der Waals surface area contributed by atoms with Gasteiger partial charge in [0.05, 0.1) is 11.3 Å². The van der Waals surface area contributed by atoms with Gasteiger partial charge < -0.3 is 14.7 Å². The highest BCUT2D eigenvalue weighted by Gasteiger charge is 2.45. The van der Waals surface area contributed by atoms with Crippen molar-refractivity contribution in [2.45, 2.75) is 25.4 Å². The Hall–Kier alpha value is -3.03. The van der Waals surface area contributed by atoms with Gasteiger partial charge in [0.15, 0.2) is 0 Å². The molecule has 0 aliphatic carbocycles. The topological polar surface area (TPSA) is 92.6 Å². The standard InChI is InChI=1S/C18H18FN3O4/c1-12-15(10-20-11-21-12)16(23)22-7-5-18(6-8-22,17(24)25)26-14-4-2-3-13(19)9-14/h2-4,9-11H,5-8H2,1H3,(H,24,25). The summed E-state index contributed by atoms with van der Waals surface area (Å²) in [4.78, 5) is 33.9. The molecule has 0 saturated carbocycles. The number of likely N-dealkylation sites (tertiary alicyclic amines) is 1. The molecule has 2 heterocycles. The fourth-order valence-corrected chi connectivity index (χ4v) is 2.96. The molecule has 0 radical (unpaired) electrons. The van der Waals surface area contributed by atoms with Crippen LogP contribution in [0.15, 0.2) is 36.8 Å². The highest BCUT2D eigenvalue weighted by atomic mass is 19.1. The van der Waals surface area contributed by atoms with Crippen molar-refractivity contribution in [3.05, 3.63) is 53.9 Å². The third-order valence-corrected chi connectivity index (χ3v) is 4.50. The van der Waals surface area contributed by atoms with Crippen molar-refractivity contribution in [3.63, 3.8) is 0 Å². The number of aryl methyl sites for hydroxylation is 1. The van der Waals surface area contributed by atoms with E-state index in [1.165, 1.54) is 30.7 Å². The van der Waals surface area contributed by atoms with Crippen molar-refractivity contribution in [1.82, 2.24) is 14.9 Å². The van der Waals surface area contributed by atoms with Gasteiger partial charge in [0.25, 0.3) is 5.91 Å². The molecule has 8 heteroatoms. The molecule has 1 amide bonds. The molecule has 1 aromatic heterocycles. The van der Waals surface area contributed by atoms with E-state index in [0.717, 1.165) is 6.07 Å². The van der Waals surface area contributed by atoms with E-state index in [4.69, 9.17) is 4.74 Å². The van der Waals surface area contributed by atoms with Crippen LogP contribution in [0.2, 0.25) is 0 Å². The number of aromatic nitrogens is 2. The zero-order valence-corrected chi connectivity index (χ0v) is 14.2. The fourth-order valence-electron chi connectivity index (χ4n) is 2.96. The molecule has 0 unspecified atom stereocenters. The number of carbonyl (C=O) groups excluding carboxylic acids is 1. The summed E-state index contributed by atoms with van der Waals surface area (Å²) >= 11 is 0. The molecule has 1 N–H and O–H groups in total. The quantitative estimate of drug-likeness (QED) is 0.898. The van der Waals surface area contributed by atoms with Crippen LogP contribution in [0.3, 0.4) is 0 Å². The highest BCUT2D eigenvalue weighted by Crippen LogP contribution is 2.30. The first kappa shape index (κ1) is 17.8. The number of aliphatic carboxylic acids is 1. The maximum atomic E-state index is 13.3. The Labute approximate surface area is 149 Å². The van der Waals surface area contributed by atoms with Gasteiger partial charge in [-0.15, -0.1) is 0 Å². The van der Waals surface area contributed by atoms with Crippen molar-refractivity contribution in [1.29, 1.82) is 0 Å². The van der Waals surface area contributed by atoms with E-state index in [1.54, 1.807) is 11.8 Å². The summed E-state index contributed by atoms with van der Waals surface area (Å²) in [7, 11) is 0. The maximum Gasteiger partial charge on any atom is 0.348 e. The van der Waals surface area contributed by atoms with Gasteiger partial charge in [0.2, 0.25) is 5.60 Å². The normalized spacial score (nSPS) is 16.2. The molecule has 3 rings (SSSR count). The Bertz CT molecular complexity index is 835. The minimum Gasteiger partial charge on any atom is -0.478 e. The first-order valence-corrected chi connectivity index (χ1v) is 8.15. The van der Waals surface area contributed by atoms with Crippen LogP contribution in [0.1, 0.15) is 28.9 Å². The molecule has 1 aromatic carbocycles. The van der Waals surface area contributed by atoms with Crippen LogP contribution in [0, 0.1) is 12.7 Å². The molecule has 1 fully saturated rings. The molecule has 0 atom stereocenters. The van der Waals surface area contributed by atoms with Crippen molar-refractivity contribution < 1.29 is 23.8 Å². The molecule has 2 aromatic rings. The molecular formula is C18H18FN3O4. The number of halogens is 1. The van der Waals surface area contributed by atoms with E-state index in [-0.39, 0.29) is 37.6 Å². The summed E-state index contributed by atoms with van der Waals surface area (Å²) in [6, 6.07) is 5.37. The molecule has 0 bridgehead atoms. The van der Waals surface area contributed by atoms with E-state index >= 15 is 0 Å². The molecule has 1 aliphatic rings. The number of ether oxygens (including phenoxy) is 1. The Morgan fingerprint density at radius 3 is 2.65 bits per heavy atom.